The predicted molar refractivity (Wildman–Crippen MR) is 78.6 cm³/mol. The lowest BCUT2D eigenvalue weighted by Crippen LogP contribution is -2.14. The molecule has 0 saturated heterocycles. The Morgan fingerprint density at radius 2 is 2.05 bits per heavy atom. The number of nitrogen functional groups attached to an aromatic ring is 1. The molecule has 3 rings (SSSR count). The highest BCUT2D eigenvalue weighted by molar-refractivity contribution is 5.99. The van der Waals surface area contributed by atoms with E-state index >= 15 is 0 Å². The molecule has 0 bridgehead atoms. The van der Waals surface area contributed by atoms with E-state index in [4.69, 9.17) is 15.9 Å². The van der Waals surface area contributed by atoms with Gasteiger partial charge in [-0.3, -0.25) is 9.98 Å². The molecule has 100 valence electrons. The molecular weight excluding hydrogens is 252 g/mol. The molecule has 0 amide bonds. The number of benzene rings is 2. The van der Waals surface area contributed by atoms with E-state index in [1.807, 2.05) is 34.9 Å². The number of nitrogens with two attached hydrogens (primary N) is 1. The molecule has 5 heteroatoms. The van der Waals surface area contributed by atoms with Gasteiger partial charge in [-0.15, -0.1) is 0 Å². The second-order valence-corrected chi connectivity index (χ2v) is 4.40. The number of aromatic nitrogens is 2. The number of hydrogen-bond donors (Lipinski definition) is 2. The quantitative estimate of drug-likeness (QED) is 0.564. The standard InChI is InChI=1S/C15H14N4O/c1-20-10-6-7-11(15(16)17)14(8-10)19-9-18-12-4-2-3-5-13(12)19/h2-9H,1H3,(H3,16,17). The van der Waals surface area contributed by atoms with E-state index in [9.17, 15) is 0 Å². The Bertz CT molecular complexity index is 791. The number of nitrogens with one attached hydrogen (secondary N) is 1. The van der Waals surface area contributed by atoms with Gasteiger partial charge in [-0.05, 0) is 24.3 Å². The topological polar surface area (TPSA) is 76.9 Å². The Hall–Kier alpha value is -2.82. The van der Waals surface area contributed by atoms with Crippen molar-refractivity contribution in [1.82, 2.24) is 9.55 Å². The first kappa shape index (κ1) is 12.2. The van der Waals surface area contributed by atoms with Gasteiger partial charge in [0, 0.05) is 11.6 Å². The number of amidine groups is 1. The first-order valence-corrected chi connectivity index (χ1v) is 6.15. The van der Waals surface area contributed by atoms with E-state index in [0.717, 1.165) is 16.7 Å². The van der Waals surface area contributed by atoms with Crippen molar-refractivity contribution in [3.63, 3.8) is 0 Å². The predicted octanol–water partition coefficient (Wildman–Crippen LogP) is 2.32. The van der Waals surface area contributed by atoms with Crippen LogP contribution in [0, 0.1) is 5.41 Å². The fourth-order valence-corrected chi connectivity index (χ4v) is 2.22. The third-order valence-electron chi connectivity index (χ3n) is 3.21. The molecule has 0 unspecified atom stereocenters. The van der Waals surface area contributed by atoms with Crippen LogP contribution in [-0.4, -0.2) is 22.5 Å². The summed E-state index contributed by atoms with van der Waals surface area (Å²) in [5.74, 6) is 0.725. The van der Waals surface area contributed by atoms with Crippen LogP contribution in [0.5, 0.6) is 5.75 Å². The maximum atomic E-state index is 7.72. The average molecular weight is 266 g/mol. The first-order chi connectivity index (χ1) is 9.70. The maximum Gasteiger partial charge on any atom is 0.124 e. The molecule has 0 spiro atoms. The normalized spacial score (nSPS) is 10.7. The summed E-state index contributed by atoms with van der Waals surface area (Å²) in [6.45, 7) is 0. The third-order valence-corrected chi connectivity index (χ3v) is 3.21. The highest BCUT2D eigenvalue weighted by Gasteiger charge is 2.11. The number of rotatable bonds is 3. The smallest absolute Gasteiger partial charge is 0.124 e. The number of hydrogen-bond acceptors (Lipinski definition) is 3. The van der Waals surface area contributed by atoms with E-state index < -0.39 is 0 Å². The van der Waals surface area contributed by atoms with Crippen molar-refractivity contribution >= 4 is 16.9 Å². The van der Waals surface area contributed by atoms with Crippen molar-refractivity contribution in [3.8, 4) is 11.4 Å². The van der Waals surface area contributed by atoms with Gasteiger partial charge in [0.2, 0.25) is 0 Å². The second kappa shape index (κ2) is 4.70. The van der Waals surface area contributed by atoms with Crippen LogP contribution >= 0.6 is 0 Å². The van der Waals surface area contributed by atoms with Gasteiger partial charge >= 0.3 is 0 Å². The van der Waals surface area contributed by atoms with Gasteiger partial charge in [0.15, 0.2) is 0 Å². The molecule has 20 heavy (non-hydrogen) atoms. The number of methoxy groups -OCH3 is 1. The molecule has 5 nitrogen and oxygen atoms in total. The van der Waals surface area contributed by atoms with Crippen LogP contribution < -0.4 is 10.5 Å². The monoisotopic (exact) mass is 266 g/mol. The SMILES string of the molecule is COc1ccc(C(=N)N)c(-n2cnc3ccccc32)c1. The van der Waals surface area contributed by atoms with Crippen LogP contribution in [0.4, 0.5) is 0 Å². The minimum Gasteiger partial charge on any atom is -0.497 e. The zero-order valence-electron chi connectivity index (χ0n) is 11.0. The van der Waals surface area contributed by atoms with Gasteiger partial charge in [0.1, 0.15) is 17.9 Å². The van der Waals surface area contributed by atoms with E-state index in [-0.39, 0.29) is 5.84 Å². The number of nitrogens with zero attached hydrogens (tertiary/aromatic N) is 2. The molecule has 0 radical (unpaired) electrons. The van der Waals surface area contributed by atoms with Crippen LogP contribution in [0.15, 0.2) is 48.8 Å². The molecule has 0 aliphatic carbocycles. The van der Waals surface area contributed by atoms with Gasteiger partial charge in [0.25, 0.3) is 0 Å². The van der Waals surface area contributed by atoms with E-state index in [1.165, 1.54) is 0 Å². The fourth-order valence-electron chi connectivity index (χ4n) is 2.22. The summed E-state index contributed by atoms with van der Waals surface area (Å²) < 4.78 is 7.17. The summed E-state index contributed by atoms with van der Waals surface area (Å²) in [5.41, 5.74) is 8.95. The molecule has 0 aliphatic rings. The van der Waals surface area contributed by atoms with Crippen molar-refractivity contribution in [2.24, 2.45) is 5.73 Å². The molecule has 3 N–H and O–H groups in total. The summed E-state index contributed by atoms with van der Waals surface area (Å²) in [7, 11) is 1.61. The van der Waals surface area contributed by atoms with Crippen LogP contribution in [0.1, 0.15) is 5.56 Å². The van der Waals surface area contributed by atoms with Crippen molar-refractivity contribution in [2.75, 3.05) is 7.11 Å². The zero-order chi connectivity index (χ0) is 14.1. The van der Waals surface area contributed by atoms with Gasteiger partial charge in [-0.2, -0.15) is 0 Å². The van der Waals surface area contributed by atoms with Crippen LogP contribution in [-0.2, 0) is 0 Å². The Morgan fingerprint density at radius 1 is 1.25 bits per heavy atom. The lowest BCUT2D eigenvalue weighted by atomic mass is 10.1. The first-order valence-electron chi connectivity index (χ1n) is 6.15. The highest BCUT2D eigenvalue weighted by atomic mass is 16.5. The fraction of sp³-hybridized carbons (Fsp3) is 0.0667. The Balaban J connectivity index is 2.29. The molecule has 0 fully saturated rings. The minimum atomic E-state index is 0.0143. The molecule has 0 aliphatic heterocycles. The van der Waals surface area contributed by atoms with Crippen LogP contribution in [0.3, 0.4) is 0 Å². The molecule has 0 atom stereocenters. The lowest BCUT2D eigenvalue weighted by Gasteiger charge is -2.12. The summed E-state index contributed by atoms with van der Waals surface area (Å²) >= 11 is 0. The van der Waals surface area contributed by atoms with E-state index in [2.05, 4.69) is 4.98 Å². The van der Waals surface area contributed by atoms with Gasteiger partial charge in [-0.1, -0.05) is 12.1 Å². The van der Waals surface area contributed by atoms with E-state index in [0.29, 0.717) is 11.3 Å². The Morgan fingerprint density at radius 3 is 2.80 bits per heavy atom. The Kier molecular flexibility index (Phi) is 2.87. The number of ether oxygens (including phenoxy) is 1. The summed E-state index contributed by atoms with van der Waals surface area (Å²) in [6.07, 6.45) is 1.73. The second-order valence-electron chi connectivity index (χ2n) is 4.40. The van der Waals surface area contributed by atoms with Crippen LogP contribution in [0.25, 0.3) is 16.7 Å². The maximum absolute atomic E-state index is 7.72. The lowest BCUT2D eigenvalue weighted by molar-refractivity contribution is 0.414. The average Bonchev–Trinajstić information content (AvgIpc) is 2.90. The molecule has 1 aromatic heterocycles. The van der Waals surface area contributed by atoms with Gasteiger partial charge < -0.3 is 10.5 Å². The largest absolute Gasteiger partial charge is 0.497 e. The van der Waals surface area contributed by atoms with E-state index in [1.54, 1.807) is 25.6 Å². The zero-order valence-corrected chi connectivity index (χ0v) is 11.0. The molecule has 1 heterocycles. The van der Waals surface area contributed by atoms with Crippen molar-refractivity contribution in [1.29, 1.82) is 5.41 Å². The molecule has 0 saturated carbocycles. The molecule has 3 aromatic rings. The summed E-state index contributed by atoms with van der Waals surface area (Å²) in [5, 5.41) is 7.72. The van der Waals surface area contributed by atoms with Crippen molar-refractivity contribution < 1.29 is 4.74 Å². The van der Waals surface area contributed by atoms with Gasteiger partial charge in [-0.25, -0.2) is 4.98 Å². The minimum absolute atomic E-state index is 0.0143. The molecular formula is C15H14N4O. The summed E-state index contributed by atoms with van der Waals surface area (Å²) in [6, 6.07) is 13.2. The highest BCUT2D eigenvalue weighted by Crippen LogP contribution is 2.24. The van der Waals surface area contributed by atoms with Gasteiger partial charge in [0.05, 0.1) is 23.8 Å². The molecule has 2 aromatic carbocycles. The van der Waals surface area contributed by atoms with Crippen LogP contribution in [0.2, 0.25) is 0 Å². The Labute approximate surface area is 116 Å². The third kappa shape index (κ3) is 1.89. The number of fused-ring (bicyclic) bond motifs is 1. The van der Waals surface area contributed by atoms with Crippen molar-refractivity contribution in [2.45, 2.75) is 0 Å². The van der Waals surface area contributed by atoms with Crippen molar-refractivity contribution in [3.05, 3.63) is 54.4 Å². The number of para-hydroxylation sites is 2. The summed E-state index contributed by atoms with van der Waals surface area (Å²) in [4.78, 5) is 4.36. The number of imidazole rings is 1.